The van der Waals surface area contributed by atoms with Gasteiger partial charge in [-0.3, -0.25) is 0 Å². The van der Waals surface area contributed by atoms with E-state index in [1.807, 2.05) is 0 Å². The van der Waals surface area contributed by atoms with Crippen LogP contribution in [-0.4, -0.2) is 19.3 Å². The molecule has 5 saturated carbocycles. The molecule has 5 aliphatic carbocycles. The lowest BCUT2D eigenvalue weighted by Crippen LogP contribution is -2.56. The highest BCUT2D eigenvalue weighted by Crippen LogP contribution is 2.74. The molecular formula is C14H16Br4. The minimum atomic E-state index is 0.780. The summed E-state index contributed by atoms with van der Waals surface area (Å²) < 4.78 is 0. The predicted molar refractivity (Wildman–Crippen MR) is 88.0 cm³/mol. The Bertz CT molecular complexity index is 343. The Labute approximate surface area is 142 Å². The minimum Gasteiger partial charge on any atom is -0.0884 e. The van der Waals surface area contributed by atoms with Crippen molar-refractivity contribution in [3.05, 3.63) is 0 Å². The quantitative estimate of drug-likeness (QED) is 0.416. The first kappa shape index (κ1) is 12.5. The van der Waals surface area contributed by atoms with E-state index < -0.39 is 0 Å². The van der Waals surface area contributed by atoms with Crippen molar-refractivity contribution in [2.45, 2.75) is 32.2 Å². The van der Waals surface area contributed by atoms with Gasteiger partial charge in [-0.25, -0.2) is 0 Å². The Morgan fingerprint density at radius 3 is 0.944 bits per heavy atom. The molecule has 0 aliphatic heterocycles. The summed E-state index contributed by atoms with van der Waals surface area (Å²) in [5, 5.41) is 0. The fraction of sp³-hybridized carbons (Fsp3) is 1.00. The van der Waals surface area contributed by atoms with Crippen molar-refractivity contribution in [3.63, 3.8) is 0 Å². The molecule has 0 saturated heterocycles. The molecule has 0 heterocycles. The van der Waals surface area contributed by atoms with Crippen molar-refractivity contribution in [2.75, 3.05) is 0 Å². The maximum atomic E-state index is 4.08. The van der Waals surface area contributed by atoms with Gasteiger partial charge in [-0.2, -0.15) is 0 Å². The van der Waals surface area contributed by atoms with Gasteiger partial charge < -0.3 is 0 Å². The molecule has 5 rings (SSSR count). The number of halogens is 4. The minimum absolute atomic E-state index is 0.780. The normalized spacial score (nSPS) is 75.3. The molecule has 4 bridgehead atoms. The van der Waals surface area contributed by atoms with Crippen LogP contribution in [-0.2, 0) is 0 Å². The zero-order chi connectivity index (χ0) is 12.3. The lowest BCUT2D eigenvalue weighted by Gasteiger charge is -2.55. The van der Waals surface area contributed by atoms with Crippen LogP contribution in [0.25, 0.3) is 0 Å². The monoisotopic (exact) mass is 500 g/mol. The van der Waals surface area contributed by atoms with E-state index in [0.717, 1.165) is 66.7 Å². The van der Waals surface area contributed by atoms with Crippen LogP contribution >= 0.6 is 63.7 Å². The van der Waals surface area contributed by atoms with Crippen LogP contribution in [0, 0.1) is 47.3 Å². The second kappa shape index (κ2) is 3.81. The van der Waals surface area contributed by atoms with E-state index in [2.05, 4.69) is 63.7 Å². The first-order chi connectivity index (χ1) is 8.61. The summed E-state index contributed by atoms with van der Waals surface area (Å²) in [5.41, 5.74) is 0. The summed E-state index contributed by atoms with van der Waals surface area (Å²) in [4.78, 5) is 3.12. The van der Waals surface area contributed by atoms with E-state index in [-0.39, 0.29) is 0 Å². The molecule has 0 aromatic carbocycles. The third-order valence-corrected chi connectivity index (χ3v) is 12.2. The van der Waals surface area contributed by atoms with Gasteiger partial charge in [-0.1, -0.05) is 63.7 Å². The summed E-state index contributed by atoms with van der Waals surface area (Å²) in [7, 11) is 0. The number of rotatable bonds is 0. The van der Waals surface area contributed by atoms with E-state index in [9.17, 15) is 0 Å². The number of alkyl halides is 4. The Balaban J connectivity index is 1.66. The molecule has 100 valence electrons. The van der Waals surface area contributed by atoms with E-state index in [1.54, 1.807) is 0 Å². The maximum absolute atomic E-state index is 4.08. The van der Waals surface area contributed by atoms with Crippen LogP contribution in [0.15, 0.2) is 0 Å². The summed E-state index contributed by atoms with van der Waals surface area (Å²) in [6, 6.07) is 0. The number of fused-ring (bicyclic) bond motifs is 4. The lowest BCUT2D eigenvalue weighted by atomic mass is 9.55. The first-order valence-corrected chi connectivity index (χ1v) is 10.8. The van der Waals surface area contributed by atoms with Crippen LogP contribution in [0.2, 0.25) is 0 Å². The molecule has 0 N–H and O–H groups in total. The van der Waals surface area contributed by atoms with Gasteiger partial charge in [-0.15, -0.1) is 0 Å². The third kappa shape index (κ3) is 1.18. The SMILES string of the molecule is BrC1C2CC3C1C1C(Br)C4CC1C(C4Br)C3C2Br. The van der Waals surface area contributed by atoms with Crippen LogP contribution in [0.5, 0.6) is 0 Å². The molecule has 0 aromatic heterocycles. The third-order valence-electron chi connectivity index (χ3n) is 7.06. The average molecular weight is 504 g/mol. The molecule has 5 aliphatic rings. The van der Waals surface area contributed by atoms with E-state index >= 15 is 0 Å². The van der Waals surface area contributed by atoms with Gasteiger partial charge >= 0.3 is 0 Å². The summed E-state index contributed by atoms with van der Waals surface area (Å²) in [5.74, 6) is 7.63. The van der Waals surface area contributed by atoms with Gasteiger partial charge in [0.1, 0.15) is 0 Å². The Morgan fingerprint density at radius 1 is 0.444 bits per heavy atom. The molecule has 8 atom stereocenters. The largest absolute Gasteiger partial charge is 0.0884 e. The molecule has 0 nitrogen and oxygen atoms in total. The molecular weight excluding hydrogens is 488 g/mol. The highest BCUT2D eigenvalue weighted by Gasteiger charge is 2.72. The molecule has 18 heavy (non-hydrogen) atoms. The molecule has 0 amide bonds. The zero-order valence-electron chi connectivity index (χ0n) is 9.85. The summed E-state index contributed by atoms with van der Waals surface area (Å²) in [6.07, 6.45) is 2.95. The molecule has 5 fully saturated rings. The Morgan fingerprint density at radius 2 is 0.722 bits per heavy atom. The van der Waals surface area contributed by atoms with Gasteiger partial charge in [0, 0.05) is 19.3 Å². The average Bonchev–Trinajstić information content (AvgIpc) is 3.01. The predicted octanol–water partition coefficient (Wildman–Crippen LogP) is 4.82. The molecule has 4 heteroatoms. The van der Waals surface area contributed by atoms with Crippen molar-refractivity contribution in [1.29, 1.82) is 0 Å². The molecule has 0 aromatic rings. The van der Waals surface area contributed by atoms with Gasteiger partial charge in [0.25, 0.3) is 0 Å². The summed E-state index contributed by atoms with van der Waals surface area (Å²) >= 11 is 16.3. The highest BCUT2D eigenvalue weighted by atomic mass is 79.9. The second-order valence-electron chi connectivity index (χ2n) is 7.21. The van der Waals surface area contributed by atoms with Crippen LogP contribution in [0.3, 0.4) is 0 Å². The van der Waals surface area contributed by atoms with Crippen molar-refractivity contribution in [1.82, 2.24) is 0 Å². The summed E-state index contributed by atoms with van der Waals surface area (Å²) in [6.45, 7) is 0. The topological polar surface area (TPSA) is 0 Å². The molecule has 0 spiro atoms. The van der Waals surface area contributed by atoms with E-state index in [1.165, 1.54) is 12.8 Å². The first-order valence-electron chi connectivity index (χ1n) is 7.17. The molecule has 8 unspecified atom stereocenters. The lowest BCUT2D eigenvalue weighted by molar-refractivity contribution is 0.00714. The maximum Gasteiger partial charge on any atom is 0.0219 e. The van der Waals surface area contributed by atoms with Crippen LogP contribution in [0.1, 0.15) is 12.8 Å². The van der Waals surface area contributed by atoms with Crippen molar-refractivity contribution in [2.24, 2.45) is 47.3 Å². The molecule has 0 radical (unpaired) electrons. The highest BCUT2D eigenvalue weighted by molar-refractivity contribution is 9.10. The van der Waals surface area contributed by atoms with Crippen molar-refractivity contribution in [3.8, 4) is 0 Å². The zero-order valence-corrected chi connectivity index (χ0v) is 16.2. The van der Waals surface area contributed by atoms with E-state index in [0.29, 0.717) is 0 Å². The van der Waals surface area contributed by atoms with Gasteiger partial charge in [0.15, 0.2) is 0 Å². The number of hydrogen-bond acceptors (Lipinski definition) is 0. The van der Waals surface area contributed by atoms with E-state index in [4.69, 9.17) is 0 Å². The second-order valence-corrected chi connectivity index (χ2v) is 11.4. The standard InChI is InChI=1S/C14H16Br4/c15-11-5-1-3-7(11)9-4-2-6(13(9)17)14(18)10(4)8(3)12(5)16/h3-14H,1-2H2. The van der Waals surface area contributed by atoms with Crippen LogP contribution in [0.4, 0.5) is 0 Å². The van der Waals surface area contributed by atoms with Crippen molar-refractivity contribution >= 4 is 63.7 Å². The van der Waals surface area contributed by atoms with Gasteiger partial charge in [0.2, 0.25) is 0 Å². The Hall–Kier alpha value is 1.92. The van der Waals surface area contributed by atoms with Crippen molar-refractivity contribution < 1.29 is 0 Å². The van der Waals surface area contributed by atoms with Gasteiger partial charge in [-0.05, 0) is 60.2 Å². The fourth-order valence-corrected chi connectivity index (χ4v) is 12.7. The Kier molecular flexibility index (Phi) is 2.64. The van der Waals surface area contributed by atoms with Crippen LogP contribution < -0.4 is 0 Å². The smallest absolute Gasteiger partial charge is 0.0219 e. The number of hydrogen-bond donors (Lipinski definition) is 0. The fourth-order valence-electron chi connectivity index (χ4n) is 6.72. The van der Waals surface area contributed by atoms with Gasteiger partial charge in [0.05, 0.1) is 0 Å².